The van der Waals surface area contributed by atoms with Crippen molar-refractivity contribution in [3.63, 3.8) is 0 Å². The van der Waals surface area contributed by atoms with E-state index in [1.807, 2.05) is 34.6 Å². The molecule has 26 atom stereocenters. The van der Waals surface area contributed by atoms with Crippen molar-refractivity contribution in [1.82, 2.24) is 0 Å². The minimum absolute atomic E-state index is 0.0771. The fraction of sp³-hybridized carbons (Fsp3) is 0.936. The number of rotatable bonds is 10. The molecule has 0 radical (unpaired) electrons. The zero-order valence-corrected chi connectivity index (χ0v) is 39.8. The molecule has 3 heterocycles. The third-order valence-corrected chi connectivity index (χ3v) is 19.5. The first-order valence-corrected chi connectivity index (χ1v) is 24.1. The van der Waals surface area contributed by atoms with E-state index in [0.29, 0.717) is 38.5 Å². The third kappa shape index (κ3) is 7.46. The van der Waals surface area contributed by atoms with Gasteiger partial charge in [-0.3, -0.25) is 0 Å². The highest BCUT2D eigenvalue weighted by Crippen LogP contribution is 2.76. The van der Waals surface area contributed by atoms with E-state index in [9.17, 15) is 76.3 Å². The number of carboxylic acids is 1. The van der Waals surface area contributed by atoms with Gasteiger partial charge < -0.3 is 99.9 Å². The van der Waals surface area contributed by atoms with Gasteiger partial charge in [0.25, 0.3) is 0 Å². The average molecular weight is 977 g/mol. The van der Waals surface area contributed by atoms with E-state index in [2.05, 4.69) is 19.9 Å². The van der Waals surface area contributed by atoms with Crippen LogP contribution in [0.2, 0.25) is 0 Å². The van der Waals surface area contributed by atoms with E-state index >= 15 is 0 Å². The van der Waals surface area contributed by atoms with Gasteiger partial charge in [-0.1, -0.05) is 60.1 Å². The van der Waals surface area contributed by atoms with Crippen molar-refractivity contribution in [2.45, 2.75) is 204 Å². The van der Waals surface area contributed by atoms with Crippen molar-refractivity contribution >= 4 is 5.97 Å². The molecule has 3 saturated heterocycles. The maximum Gasteiger partial charge on any atom is 0.335 e. The first kappa shape index (κ1) is 52.8. The molecule has 0 aromatic carbocycles. The Balaban J connectivity index is 1.12. The number of aliphatic hydroxyl groups is 13. The van der Waals surface area contributed by atoms with E-state index in [-0.39, 0.29) is 11.8 Å². The summed E-state index contributed by atoms with van der Waals surface area (Å²) in [5.41, 5.74) is -4.33. The van der Waals surface area contributed by atoms with Gasteiger partial charge in [0.2, 0.25) is 0 Å². The van der Waals surface area contributed by atoms with E-state index in [1.54, 1.807) is 0 Å². The minimum atomic E-state index is -2.10. The van der Waals surface area contributed by atoms with Crippen molar-refractivity contribution in [3.05, 3.63) is 11.6 Å². The molecule has 3 aliphatic heterocycles. The number of ether oxygens (including phenoxy) is 6. The minimum Gasteiger partial charge on any atom is -0.479 e. The third-order valence-electron chi connectivity index (χ3n) is 19.5. The van der Waals surface area contributed by atoms with Crippen LogP contribution in [0.4, 0.5) is 0 Å². The Bertz CT molecular complexity index is 1880. The van der Waals surface area contributed by atoms with Gasteiger partial charge in [0.15, 0.2) is 25.0 Å². The number of hydrogen-bond donors (Lipinski definition) is 14. The van der Waals surface area contributed by atoms with Crippen molar-refractivity contribution in [1.29, 1.82) is 0 Å². The Morgan fingerprint density at radius 2 is 1.19 bits per heavy atom. The predicted molar refractivity (Wildman–Crippen MR) is 230 cm³/mol. The monoisotopic (exact) mass is 976 g/mol. The van der Waals surface area contributed by atoms with Crippen LogP contribution in [-0.2, 0) is 33.2 Å². The van der Waals surface area contributed by atoms with Crippen molar-refractivity contribution in [2.24, 2.45) is 50.2 Å². The predicted octanol–water partition coefficient (Wildman–Crippen LogP) is -2.77. The van der Waals surface area contributed by atoms with Gasteiger partial charge in [-0.05, 0) is 77.9 Å². The summed E-state index contributed by atoms with van der Waals surface area (Å²) >= 11 is 0. The number of carboxylic acid groups (broad SMARTS) is 1. The summed E-state index contributed by atoms with van der Waals surface area (Å²) in [6, 6.07) is 0. The Labute approximate surface area is 395 Å². The highest BCUT2D eigenvalue weighted by atomic mass is 16.8. The van der Waals surface area contributed by atoms with Crippen LogP contribution < -0.4 is 0 Å². The number of aliphatic carboxylic acids is 1. The van der Waals surface area contributed by atoms with Gasteiger partial charge in [0.05, 0.1) is 55.8 Å². The van der Waals surface area contributed by atoms with Gasteiger partial charge >= 0.3 is 5.97 Å². The van der Waals surface area contributed by atoms with Crippen molar-refractivity contribution < 1.29 is 105 Å². The van der Waals surface area contributed by atoms with Crippen LogP contribution in [0.1, 0.15) is 87.0 Å². The summed E-state index contributed by atoms with van der Waals surface area (Å²) in [5, 5.41) is 154. The van der Waals surface area contributed by atoms with E-state index in [0.717, 1.165) is 5.57 Å². The molecule has 21 heteroatoms. The molecule has 68 heavy (non-hydrogen) atoms. The van der Waals surface area contributed by atoms with Crippen LogP contribution >= 0.6 is 0 Å². The summed E-state index contributed by atoms with van der Waals surface area (Å²) in [6.07, 6.45) is -26.4. The maximum absolute atomic E-state index is 12.8. The lowest BCUT2D eigenvalue weighted by Crippen LogP contribution is -2.76. The van der Waals surface area contributed by atoms with Crippen LogP contribution in [0.15, 0.2) is 11.6 Å². The average Bonchev–Trinajstić information content (AvgIpc) is 3.55. The summed E-state index contributed by atoms with van der Waals surface area (Å²) in [7, 11) is 0. The highest BCUT2D eigenvalue weighted by Gasteiger charge is 2.75. The number of carbonyl (C=O) groups is 1. The number of allylic oxidation sites excluding steroid dienone is 1. The highest BCUT2D eigenvalue weighted by molar-refractivity contribution is 5.73. The molecule has 0 aromatic heterocycles. The smallest absolute Gasteiger partial charge is 0.335 e. The Kier molecular flexibility index (Phi) is 14.1. The first-order valence-electron chi connectivity index (χ1n) is 24.1. The molecule has 0 aromatic rings. The van der Waals surface area contributed by atoms with Crippen molar-refractivity contribution in [2.75, 3.05) is 19.8 Å². The van der Waals surface area contributed by atoms with Gasteiger partial charge in [-0.15, -0.1) is 0 Å². The normalized spacial score (nSPS) is 55.3. The lowest BCUT2D eigenvalue weighted by Gasteiger charge is -2.73. The SMILES string of the molecule is CC1(C)CC2C3=CCC4[C@@]5(C)CC[C@H](O[C@@H]6OC(C(=O)O)[C@@H](O)[C@@H](O[C@@H]7O[C@@H](CO)[C@@H](O)C7O)C6O[C@@H]6OC(CO)[C@H](O)[C@@H](O)C6O)C(C)(C)C5CC[C@@]4(C)[C@]3(C)[C@@H](O)[C@@H](O)[C@@]2(CO)[C@@H](O)[C@@H]1O. The number of hydrogen-bond acceptors (Lipinski definition) is 20. The van der Waals surface area contributed by atoms with Crippen LogP contribution in [0.3, 0.4) is 0 Å². The zero-order chi connectivity index (χ0) is 50.2. The van der Waals surface area contributed by atoms with Crippen LogP contribution in [0, 0.1) is 50.2 Å². The quantitative estimate of drug-likeness (QED) is 0.0778. The molecule has 8 rings (SSSR count). The zero-order valence-electron chi connectivity index (χ0n) is 39.8. The molecule has 0 amide bonds. The van der Waals surface area contributed by atoms with E-state index < -0.39 is 181 Å². The Hall–Kier alpha value is -1.55. The molecule has 8 aliphatic rings. The largest absolute Gasteiger partial charge is 0.479 e. The molecule has 14 N–H and O–H groups in total. The second-order valence-electron chi connectivity index (χ2n) is 23.3. The second-order valence-corrected chi connectivity index (χ2v) is 23.3. The molecule has 0 spiro atoms. The number of aliphatic hydroxyl groups excluding tert-OH is 13. The number of fused-ring (bicyclic) bond motifs is 7. The van der Waals surface area contributed by atoms with Gasteiger partial charge in [0, 0.05) is 5.41 Å². The Morgan fingerprint density at radius 1 is 0.632 bits per heavy atom. The van der Waals surface area contributed by atoms with E-state index in [4.69, 9.17) is 28.4 Å². The van der Waals surface area contributed by atoms with Crippen LogP contribution in [0.25, 0.3) is 0 Å². The maximum atomic E-state index is 12.8. The Morgan fingerprint density at radius 3 is 1.76 bits per heavy atom. The lowest BCUT2D eigenvalue weighted by atomic mass is 9.32. The molecule has 21 nitrogen and oxygen atoms in total. The summed E-state index contributed by atoms with van der Waals surface area (Å²) in [4.78, 5) is 12.8. The molecule has 0 bridgehead atoms. The first-order chi connectivity index (χ1) is 31.6. The topological polar surface area (TPSA) is 356 Å². The fourth-order valence-electron chi connectivity index (χ4n) is 15.2. The summed E-state index contributed by atoms with van der Waals surface area (Å²) in [6.45, 7) is 11.9. The van der Waals surface area contributed by atoms with Gasteiger partial charge in [-0.25, -0.2) is 4.79 Å². The molecule has 7 fully saturated rings. The standard InChI is InChI=1S/C47H76O21/c1-42(2)14-19-18-8-9-23-44(5)12-11-24(43(3,4)22(44)10-13-45(23,6)46(18,7)35(58)37(60)47(19,17-50)36(59)34(42)57)65-41-33(68-40-29(55)27(53)25(51)20(15-48)63-40)31(30(56)32(67-41)38(61)62)66-39-28(54)26(52)21(16-49)64-39/h8,19-37,39-41,48-60H,9-17H2,1-7H3,(H,61,62)/t19?,20?,21-,22?,23?,24-,25-,26+,27+,28?,29?,30-,31+,32?,33?,34-,35-,36-,37+,39-,40-,41+,44-,45+,46-,47+/m0/s1. The molecule has 5 aliphatic carbocycles. The van der Waals surface area contributed by atoms with Gasteiger partial charge in [0.1, 0.15) is 61.0 Å². The second kappa shape index (κ2) is 18.1. The lowest BCUT2D eigenvalue weighted by molar-refractivity contribution is -0.386. The summed E-state index contributed by atoms with van der Waals surface area (Å²) < 4.78 is 36.2. The molecule has 8 unspecified atom stereocenters. The van der Waals surface area contributed by atoms with Crippen LogP contribution in [0.5, 0.6) is 0 Å². The molecular weight excluding hydrogens is 900 g/mol. The molecular formula is C47H76O21. The van der Waals surface area contributed by atoms with Crippen molar-refractivity contribution in [3.8, 4) is 0 Å². The fourth-order valence-corrected chi connectivity index (χ4v) is 15.2. The molecule has 390 valence electrons. The molecule has 4 saturated carbocycles. The summed E-state index contributed by atoms with van der Waals surface area (Å²) in [5.74, 6) is -2.36. The van der Waals surface area contributed by atoms with E-state index in [1.165, 1.54) is 0 Å². The van der Waals surface area contributed by atoms with Crippen LogP contribution in [-0.4, -0.2) is 214 Å². The van der Waals surface area contributed by atoms with Gasteiger partial charge in [-0.2, -0.15) is 0 Å².